The second-order valence-electron chi connectivity index (χ2n) is 3.06. The van der Waals surface area contributed by atoms with Gasteiger partial charge in [0.2, 0.25) is 0 Å². The molecule has 1 heterocycles. The Morgan fingerprint density at radius 2 is 2.31 bits per heavy atom. The number of ether oxygens (including phenoxy) is 1. The summed E-state index contributed by atoms with van der Waals surface area (Å²) in [4.78, 5) is 10.4. The predicted molar refractivity (Wildman–Crippen MR) is 49.3 cm³/mol. The van der Waals surface area contributed by atoms with Gasteiger partial charge in [0.1, 0.15) is 6.10 Å². The fourth-order valence-corrected chi connectivity index (χ4v) is 0.832. The van der Waals surface area contributed by atoms with E-state index >= 15 is 0 Å². The molecule has 1 atom stereocenters. The van der Waals surface area contributed by atoms with E-state index in [0.29, 0.717) is 12.3 Å². The van der Waals surface area contributed by atoms with Crippen LogP contribution in [0.1, 0.15) is 13.8 Å². The van der Waals surface area contributed by atoms with Gasteiger partial charge in [0.15, 0.2) is 0 Å². The first-order valence-corrected chi connectivity index (χ1v) is 3.99. The summed E-state index contributed by atoms with van der Waals surface area (Å²) < 4.78 is 5.04. The summed E-state index contributed by atoms with van der Waals surface area (Å²) in [6.45, 7) is 4.55. The molecule has 0 saturated carbocycles. The number of epoxide rings is 1. The van der Waals surface area contributed by atoms with Crippen molar-refractivity contribution < 1.29 is 9.53 Å². The highest BCUT2D eigenvalue weighted by atomic mass is 16.6. The third-order valence-electron chi connectivity index (χ3n) is 1.39. The number of rotatable bonds is 3. The molecule has 1 aliphatic heterocycles. The molecule has 0 aromatic rings. The van der Waals surface area contributed by atoms with Crippen molar-refractivity contribution >= 4 is 11.7 Å². The summed E-state index contributed by atoms with van der Waals surface area (Å²) in [5.41, 5.74) is 8.85. The molecule has 0 bridgehead atoms. The molecule has 5 heteroatoms. The van der Waals surface area contributed by atoms with Crippen molar-refractivity contribution in [3.63, 3.8) is 0 Å². The van der Waals surface area contributed by atoms with Crippen LogP contribution >= 0.6 is 0 Å². The minimum absolute atomic E-state index is 0.0155. The van der Waals surface area contributed by atoms with Crippen LogP contribution in [0.4, 0.5) is 4.79 Å². The van der Waals surface area contributed by atoms with Crippen LogP contribution in [0.15, 0.2) is 16.8 Å². The Kier molecular flexibility index (Phi) is 3.02. The Morgan fingerprint density at radius 1 is 1.69 bits per heavy atom. The molecule has 5 nitrogen and oxygen atoms in total. The highest BCUT2D eigenvalue weighted by molar-refractivity contribution is 6.00. The Balaban J connectivity index is 2.61. The minimum Gasteiger partial charge on any atom is -0.366 e. The van der Waals surface area contributed by atoms with Crippen molar-refractivity contribution in [1.82, 2.24) is 5.43 Å². The predicted octanol–water partition coefficient (Wildman–Crippen LogP) is 0.376. The smallest absolute Gasteiger partial charge is 0.332 e. The van der Waals surface area contributed by atoms with E-state index in [1.807, 2.05) is 19.9 Å². The topological polar surface area (TPSA) is 80.0 Å². The number of primary amides is 1. The molecule has 0 aliphatic carbocycles. The number of nitrogens with zero attached hydrogens (tertiary/aromatic N) is 1. The Labute approximate surface area is 76.6 Å². The van der Waals surface area contributed by atoms with Gasteiger partial charge in [0.05, 0.1) is 12.3 Å². The second kappa shape index (κ2) is 4.04. The number of urea groups is 1. The zero-order valence-corrected chi connectivity index (χ0v) is 7.70. The maximum absolute atomic E-state index is 10.4. The average molecular weight is 183 g/mol. The van der Waals surface area contributed by atoms with E-state index in [-0.39, 0.29) is 6.10 Å². The molecule has 1 aliphatic rings. The second-order valence-corrected chi connectivity index (χ2v) is 3.06. The summed E-state index contributed by atoms with van der Waals surface area (Å²) >= 11 is 0. The van der Waals surface area contributed by atoms with Crippen molar-refractivity contribution in [3.05, 3.63) is 11.6 Å². The third-order valence-corrected chi connectivity index (χ3v) is 1.39. The molecule has 1 saturated heterocycles. The summed E-state index contributed by atoms with van der Waals surface area (Å²) in [6, 6.07) is -0.666. The van der Waals surface area contributed by atoms with E-state index in [1.54, 1.807) is 0 Å². The lowest BCUT2D eigenvalue weighted by molar-refractivity contribution is 0.249. The monoisotopic (exact) mass is 183 g/mol. The van der Waals surface area contributed by atoms with E-state index < -0.39 is 6.03 Å². The van der Waals surface area contributed by atoms with Crippen LogP contribution in [-0.2, 0) is 4.74 Å². The molecule has 13 heavy (non-hydrogen) atoms. The molecule has 0 radical (unpaired) electrons. The zero-order valence-electron chi connectivity index (χ0n) is 7.70. The summed E-state index contributed by atoms with van der Waals surface area (Å²) in [7, 11) is 0. The number of carbonyl (C=O) groups excluding carboxylic acids is 1. The Bertz CT molecular complexity index is 263. The molecule has 72 valence electrons. The molecule has 2 amide bonds. The molecular formula is C8H13N3O2. The molecule has 1 unspecified atom stereocenters. The number of hydrogen-bond donors (Lipinski definition) is 2. The summed E-state index contributed by atoms with van der Waals surface area (Å²) in [6.07, 6.45) is 1.87. The van der Waals surface area contributed by atoms with Crippen molar-refractivity contribution in [3.8, 4) is 0 Å². The first kappa shape index (κ1) is 9.73. The van der Waals surface area contributed by atoms with Gasteiger partial charge in [-0.15, -0.1) is 0 Å². The number of allylic oxidation sites excluding steroid dienone is 1. The lowest BCUT2D eigenvalue weighted by atomic mass is 10.2. The lowest BCUT2D eigenvalue weighted by Crippen LogP contribution is -2.26. The molecule has 3 N–H and O–H groups in total. The fourth-order valence-electron chi connectivity index (χ4n) is 0.832. The lowest BCUT2D eigenvalue weighted by Gasteiger charge is -1.97. The van der Waals surface area contributed by atoms with Crippen LogP contribution in [0.2, 0.25) is 0 Å². The average Bonchev–Trinajstić information content (AvgIpc) is 2.78. The van der Waals surface area contributed by atoms with Crippen LogP contribution in [-0.4, -0.2) is 24.5 Å². The molecule has 0 aromatic heterocycles. The zero-order chi connectivity index (χ0) is 9.84. The minimum atomic E-state index is -0.666. The van der Waals surface area contributed by atoms with Crippen molar-refractivity contribution in [2.45, 2.75) is 20.0 Å². The van der Waals surface area contributed by atoms with Crippen LogP contribution in [0.3, 0.4) is 0 Å². The van der Waals surface area contributed by atoms with Gasteiger partial charge in [-0.1, -0.05) is 5.57 Å². The SMILES string of the molecule is CC(C)=C/C(=N/NC(N)=O)C1CO1. The van der Waals surface area contributed by atoms with Crippen LogP contribution in [0.25, 0.3) is 0 Å². The van der Waals surface area contributed by atoms with Gasteiger partial charge in [0.25, 0.3) is 0 Å². The first-order valence-electron chi connectivity index (χ1n) is 3.99. The van der Waals surface area contributed by atoms with E-state index in [2.05, 4.69) is 10.5 Å². The Morgan fingerprint density at radius 3 is 2.69 bits per heavy atom. The van der Waals surface area contributed by atoms with Gasteiger partial charge in [-0.2, -0.15) is 5.10 Å². The largest absolute Gasteiger partial charge is 0.366 e. The maximum Gasteiger partial charge on any atom is 0.332 e. The number of hydrazone groups is 1. The summed E-state index contributed by atoms with van der Waals surface area (Å²) in [5.74, 6) is 0. The number of nitrogens with one attached hydrogen (secondary N) is 1. The standard InChI is InChI=1S/C8H13N3O2/c1-5(2)3-6(7-4-13-7)10-11-8(9)12/h3,7H,4H2,1-2H3,(H3,9,11,12)/b10-6-. The first-order chi connectivity index (χ1) is 6.09. The van der Waals surface area contributed by atoms with Crippen LogP contribution in [0.5, 0.6) is 0 Å². The third kappa shape index (κ3) is 3.71. The Hall–Kier alpha value is -1.36. The maximum atomic E-state index is 10.4. The quantitative estimate of drug-likeness (QED) is 0.376. The highest BCUT2D eigenvalue weighted by Gasteiger charge is 2.27. The van der Waals surface area contributed by atoms with E-state index in [4.69, 9.17) is 10.5 Å². The fraction of sp³-hybridized carbons (Fsp3) is 0.500. The molecule has 1 fully saturated rings. The number of amides is 2. The van der Waals surface area contributed by atoms with Crippen LogP contribution in [0, 0.1) is 0 Å². The van der Waals surface area contributed by atoms with Crippen molar-refractivity contribution in [2.24, 2.45) is 10.8 Å². The van der Waals surface area contributed by atoms with Crippen molar-refractivity contribution in [1.29, 1.82) is 0 Å². The van der Waals surface area contributed by atoms with E-state index in [1.165, 1.54) is 0 Å². The highest BCUT2D eigenvalue weighted by Crippen LogP contribution is 2.12. The molecule has 0 aromatic carbocycles. The van der Waals surface area contributed by atoms with Gasteiger partial charge in [-0.3, -0.25) is 0 Å². The van der Waals surface area contributed by atoms with Gasteiger partial charge >= 0.3 is 6.03 Å². The van der Waals surface area contributed by atoms with Gasteiger partial charge < -0.3 is 10.5 Å². The van der Waals surface area contributed by atoms with Gasteiger partial charge in [0, 0.05) is 0 Å². The normalized spacial score (nSPS) is 20.8. The number of carbonyl (C=O) groups is 1. The summed E-state index contributed by atoms with van der Waals surface area (Å²) in [5, 5.41) is 3.82. The van der Waals surface area contributed by atoms with Crippen molar-refractivity contribution in [2.75, 3.05) is 6.61 Å². The van der Waals surface area contributed by atoms with Crippen LogP contribution < -0.4 is 11.2 Å². The van der Waals surface area contributed by atoms with E-state index in [0.717, 1.165) is 5.57 Å². The molecule has 1 rings (SSSR count). The number of hydrogen-bond acceptors (Lipinski definition) is 3. The van der Waals surface area contributed by atoms with E-state index in [9.17, 15) is 4.79 Å². The molecule has 0 spiro atoms. The van der Waals surface area contributed by atoms with Gasteiger partial charge in [-0.25, -0.2) is 10.2 Å². The molecular weight excluding hydrogens is 170 g/mol. The number of nitrogens with two attached hydrogens (primary N) is 1. The van der Waals surface area contributed by atoms with Gasteiger partial charge in [-0.05, 0) is 19.9 Å².